The minimum atomic E-state index is -0.889. The van der Waals surface area contributed by atoms with Crippen molar-refractivity contribution in [3.05, 3.63) is 29.3 Å². The number of rotatable bonds is 5. The minimum absolute atomic E-state index is 0.0656. The van der Waals surface area contributed by atoms with Gasteiger partial charge in [-0.1, -0.05) is 26.0 Å². The van der Waals surface area contributed by atoms with Gasteiger partial charge in [0.25, 0.3) is 0 Å². The molecule has 4 heteroatoms. The van der Waals surface area contributed by atoms with E-state index in [9.17, 15) is 4.79 Å². The predicted octanol–water partition coefficient (Wildman–Crippen LogP) is 2.29. The monoisotopic (exact) mass is 237 g/mol. The maximum absolute atomic E-state index is 10.6. The molecule has 1 unspecified atom stereocenters. The van der Waals surface area contributed by atoms with Crippen molar-refractivity contribution >= 4 is 5.97 Å². The SMILES string of the molecule is COc1ccc(C(N)CC(=O)O)cc1C(C)C. The molecule has 0 saturated carbocycles. The first-order valence-corrected chi connectivity index (χ1v) is 5.61. The molecule has 94 valence electrons. The lowest BCUT2D eigenvalue weighted by Gasteiger charge is -2.16. The van der Waals surface area contributed by atoms with Crippen LogP contribution >= 0.6 is 0 Å². The number of hydrogen-bond acceptors (Lipinski definition) is 3. The number of carboxylic acids is 1. The minimum Gasteiger partial charge on any atom is -0.496 e. The summed E-state index contributed by atoms with van der Waals surface area (Å²) in [6.07, 6.45) is -0.0656. The van der Waals surface area contributed by atoms with Gasteiger partial charge in [0.1, 0.15) is 5.75 Å². The van der Waals surface area contributed by atoms with Gasteiger partial charge in [0, 0.05) is 6.04 Å². The van der Waals surface area contributed by atoms with Crippen molar-refractivity contribution in [2.24, 2.45) is 5.73 Å². The predicted molar refractivity (Wildman–Crippen MR) is 66.3 cm³/mol. The zero-order valence-electron chi connectivity index (χ0n) is 10.4. The number of benzene rings is 1. The second kappa shape index (κ2) is 5.68. The van der Waals surface area contributed by atoms with E-state index in [4.69, 9.17) is 15.6 Å². The second-order valence-electron chi connectivity index (χ2n) is 4.36. The van der Waals surface area contributed by atoms with Gasteiger partial charge in [-0.25, -0.2) is 0 Å². The zero-order valence-corrected chi connectivity index (χ0v) is 10.4. The average Bonchev–Trinajstić information content (AvgIpc) is 2.27. The molecule has 17 heavy (non-hydrogen) atoms. The van der Waals surface area contributed by atoms with Gasteiger partial charge in [0.15, 0.2) is 0 Å². The normalized spacial score (nSPS) is 12.5. The van der Waals surface area contributed by atoms with Gasteiger partial charge in [-0.05, 0) is 23.1 Å². The standard InChI is InChI=1S/C13H19NO3/c1-8(2)10-6-9(4-5-12(10)17-3)11(14)7-13(15)16/h4-6,8,11H,7,14H2,1-3H3,(H,15,16). The van der Waals surface area contributed by atoms with E-state index in [-0.39, 0.29) is 6.42 Å². The van der Waals surface area contributed by atoms with Crippen LogP contribution in [0.25, 0.3) is 0 Å². The fourth-order valence-electron chi connectivity index (χ4n) is 1.74. The van der Waals surface area contributed by atoms with Crippen LogP contribution in [-0.2, 0) is 4.79 Å². The summed E-state index contributed by atoms with van der Waals surface area (Å²) in [7, 11) is 1.62. The quantitative estimate of drug-likeness (QED) is 0.824. The molecular weight excluding hydrogens is 218 g/mol. The van der Waals surface area contributed by atoms with E-state index < -0.39 is 12.0 Å². The lowest BCUT2D eigenvalue weighted by molar-refractivity contribution is -0.137. The van der Waals surface area contributed by atoms with Crippen LogP contribution in [0.2, 0.25) is 0 Å². The van der Waals surface area contributed by atoms with Crippen molar-refractivity contribution in [1.29, 1.82) is 0 Å². The Balaban J connectivity index is 3.03. The van der Waals surface area contributed by atoms with Gasteiger partial charge in [0.05, 0.1) is 13.5 Å². The third-order valence-corrected chi connectivity index (χ3v) is 2.70. The molecule has 1 aromatic carbocycles. The number of ether oxygens (including phenoxy) is 1. The maximum Gasteiger partial charge on any atom is 0.305 e. The molecule has 1 aromatic rings. The molecule has 0 saturated heterocycles. The number of hydrogen-bond donors (Lipinski definition) is 2. The van der Waals surface area contributed by atoms with Crippen molar-refractivity contribution < 1.29 is 14.6 Å². The molecule has 0 aliphatic heterocycles. The Morgan fingerprint density at radius 3 is 2.59 bits per heavy atom. The fraction of sp³-hybridized carbons (Fsp3) is 0.462. The highest BCUT2D eigenvalue weighted by molar-refractivity contribution is 5.68. The summed E-state index contributed by atoms with van der Waals surface area (Å²) >= 11 is 0. The second-order valence-corrected chi connectivity index (χ2v) is 4.36. The number of aliphatic carboxylic acids is 1. The van der Waals surface area contributed by atoms with Gasteiger partial charge >= 0.3 is 5.97 Å². The van der Waals surface area contributed by atoms with Crippen LogP contribution in [0.3, 0.4) is 0 Å². The van der Waals surface area contributed by atoms with Gasteiger partial charge in [0.2, 0.25) is 0 Å². The molecule has 0 amide bonds. The topological polar surface area (TPSA) is 72.5 Å². The van der Waals surface area contributed by atoms with Crippen molar-refractivity contribution in [3.8, 4) is 5.75 Å². The Labute approximate surface area is 101 Å². The molecule has 0 bridgehead atoms. The number of carbonyl (C=O) groups is 1. The summed E-state index contributed by atoms with van der Waals surface area (Å²) in [6.45, 7) is 4.12. The first kappa shape index (κ1) is 13.5. The van der Waals surface area contributed by atoms with E-state index in [1.807, 2.05) is 18.2 Å². The summed E-state index contributed by atoms with van der Waals surface area (Å²) < 4.78 is 5.27. The van der Waals surface area contributed by atoms with Gasteiger partial charge in [-0.2, -0.15) is 0 Å². The van der Waals surface area contributed by atoms with Crippen LogP contribution in [0.1, 0.15) is 43.4 Å². The number of methoxy groups -OCH3 is 1. The van der Waals surface area contributed by atoms with Crippen LogP contribution in [-0.4, -0.2) is 18.2 Å². The van der Waals surface area contributed by atoms with Crippen LogP contribution in [0.15, 0.2) is 18.2 Å². The first-order valence-electron chi connectivity index (χ1n) is 5.61. The Hall–Kier alpha value is -1.55. The Morgan fingerprint density at radius 2 is 2.12 bits per heavy atom. The van der Waals surface area contributed by atoms with E-state index in [1.54, 1.807) is 7.11 Å². The van der Waals surface area contributed by atoms with Gasteiger partial charge < -0.3 is 15.6 Å². The van der Waals surface area contributed by atoms with E-state index in [2.05, 4.69) is 13.8 Å². The summed E-state index contributed by atoms with van der Waals surface area (Å²) in [5, 5.41) is 8.72. The Bertz CT molecular complexity index is 402. The van der Waals surface area contributed by atoms with Crippen LogP contribution in [0.4, 0.5) is 0 Å². The molecule has 0 aliphatic rings. The van der Waals surface area contributed by atoms with Crippen molar-refractivity contribution in [2.75, 3.05) is 7.11 Å². The fourth-order valence-corrected chi connectivity index (χ4v) is 1.74. The lowest BCUT2D eigenvalue weighted by Crippen LogP contribution is -2.15. The van der Waals surface area contributed by atoms with Gasteiger partial charge in [-0.3, -0.25) is 4.79 Å². The van der Waals surface area contributed by atoms with Crippen LogP contribution in [0.5, 0.6) is 5.75 Å². The molecule has 0 heterocycles. The number of nitrogens with two attached hydrogens (primary N) is 1. The average molecular weight is 237 g/mol. The van der Waals surface area contributed by atoms with Crippen LogP contribution < -0.4 is 10.5 Å². The van der Waals surface area contributed by atoms with E-state index in [0.717, 1.165) is 16.9 Å². The van der Waals surface area contributed by atoms with E-state index >= 15 is 0 Å². The highest BCUT2D eigenvalue weighted by Gasteiger charge is 2.14. The van der Waals surface area contributed by atoms with Crippen molar-refractivity contribution in [3.63, 3.8) is 0 Å². The zero-order chi connectivity index (χ0) is 13.0. The molecule has 0 radical (unpaired) electrons. The van der Waals surface area contributed by atoms with Crippen molar-refractivity contribution in [2.45, 2.75) is 32.2 Å². The maximum atomic E-state index is 10.6. The summed E-state index contributed by atoms with van der Waals surface area (Å²) in [4.78, 5) is 10.6. The highest BCUT2D eigenvalue weighted by Crippen LogP contribution is 2.29. The molecular formula is C13H19NO3. The third kappa shape index (κ3) is 3.46. The summed E-state index contributed by atoms with van der Waals surface area (Å²) in [6, 6.07) is 5.11. The number of carboxylic acid groups (broad SMARTS) is 1. The summed E-state index contributed by atoms with van der Waals surface area (Å²) in [5.74, 6) is 0.229. The molecule has 0 aliphatic carbocycles. The largest absolute Gasteiger partial charge is 0.496 e. The molecule has 3 N–H and O–H groups in total. The molecule has 4 nitrogen and oxygen atoms in total. The van der Waals surface area contributed by atoms with Crippen molar-refractivity contribution in [1.82, 2.24) is 0 Å². The molecule has 1 atom stereocenters. The molecule has 1 rings (SSSR count). The highest BCUT2D eigenvalue weighted by atomic mass is 16.5. The summed E-state index contributed by atoms with van der Waals surface area (Å²) in [5.41, 5.74) is 7.71. The molecule has 0 spiro atoms. The van der Waals surface area contributed by atoms with Gasteiger partial charge in [-0.15, -0.1) is 0 Å². The van der Waals surface area contributed by atoms with E-state index in [0.29, 0.717) is 5.92 Å². The third-order valence-electron chi connectivity index (χ3n) is 2.70. The smallest absolute Gasteiger partial charge is 0.305 e. The lowest BCUT2D eigenvalue weighted by atomic mass is 9.96. The van der Waals surface area contributed by atoms with Crippen LogP contribution in [0, 0.1) is 0 Å². The Morgan fingerprint density at radius 1 is 1.47 bits per heavy atom. The molecule has 0 aromatic heterocycles. The Kier molecular flexibility index (Phi) is 4.52. The van der Waals surface area contributed by atoms with E-state index in [1.165, 1.54) is 0 Å². The first-order chi connectivity index (χ1) is 7.95. The molecule has 0 fully saturated rings.